The molecular weight excluding hydrogens is 158 g/mol. The zero-order chi connectivity index (χ0) is 7.40. The minimum absolute atomic E-state index is 0. The molecule has 1 aliphatic heterocycles. The minimum Gasteiger partial charge on any atom is -1.00 e. The largest absolute Gasteiger partial charge is 1.00 e. The first-order chi connectivity index (χ1) is 4.79. The van der Waals surface area contributed by atoms with Crippen LogP contribution in [0.1, 0.15) is 0 Å². The number of hydrogen-bond donors (Lipinski definition) is 1. The standard InChI is InChI=1S/C5H10BF2NO.FH/c7-6(8)5-9-1-3-10-4-2-9;/h1-5H2;1H. The number of morpholine rings is 1. The van der Waals surface area contributed by atoms with E-state index in [0.717, 1.165) is 18.0 Å². The fraction of sp³-hybridized carbons (Fsp3) is 1.00. The van der Waals surface area contributed by atoms with Crippen LogP contribution >= 0.6 is 0 Å². The highest BCUT2D eigenvalue weighted by Crippen LogP contribution is 1.80. The van der Waals surface area contributed by atoms with E-state index in [-0.39, 0.29) is 11.1 Å². The van der Waals surface area contributed by atoms with Crippen LogP contribution < -0.4 is 9.60 Å². The summed E-state index contributed by atoms with van der Waals surface area (Å²) in [6.07, 6.45) is -0.0244. The quantitative estimate of drug-likeness (QED) is 0.414. The Labute approximate surface area is 64.0 Å². The van der Waals surface area contributed by atoms with Crippen LogP contribution in [-0.4, -0.2) is 40.0 Å². The van der Waals surface area contributed by atoms with Crippen molar-refractivity contribution in [2.24, 2.45) is 0 Å². The Morgan fingerprint density at radius 3 is 2.27 bits per heavy atom. The van der Waals surface area contributed by atoms with E-state index in [4.69, 9.17) is 4.74 Å². The number of ether oxygens (including phenoxy) is 1. The molecule has 0 spiro atoms. The summed E-state index contributed by atoms with van der Waals surface area (Å²) in [5.74, 6) is 0. The normalized spacial score (nSPS) is 19.1. The molecule has 1 aliphatic rings. The lowest BCUT2D eigenvalue weighted by atomic mass is 9.98. The third-order valence-electron chi connectivity index (χ3n) is 1.64. The smallest absolute Gasteiger partial charge is 0.592 e. The summed E-state index contributed by atoms with van der Waals surface area (Å²) in [5, 5.41) is 0. The van der Waals surface area contributed by atoms with Crippen molar-refractivity contribution in [3.63, 3.8) is 0 Å². The second-order valence-corrected chi connectivity index (χ2v) is 2.46. The Morgan fingerprint density at radius 2 is 1.82 bits per heavy atom. The van der Waals surface area contributed by atoms with E-state index in [1.54, 1.807) is 0 Å². The molecule has 66 valence electrons. The molecule has 2 nitrogen and oxygen atoms in total. The van der Waals surface area contributed by atoms with E-state index in [0.29, 0.717) is 13.2 Å². The summed E-state index contributed by atoms with van der Waals surface area (Å²) in [4.78, 5) is 0.959. The van der Waals surface area contributed by atoms with Crippen LogP contribution in [0.4, 0.5) is 8.63 Å². The van der Waals surface area contributed by atoms with Crippen LogP contribution in [-0.2, 0) is 4.74 Å². The predicted molar refractivity (Wildman–Crippen MR) is 34.4 cm³/mol. The lowest BCUT2D eigenvalue weighted by Gasteiger charge is -2.22. The summed E-state index contributed by atoms with van der Waals surface area (Å²) >= 11 is 0. The van der Waals surface area contributed by atoms with E-state index in [1.165, 1.54) is 0 Å². The van der Waals surface area contributed by atoms with Gasteiger partial charge in [0.05, 0.1) is 13.2 Å². The maximum absolute atomic E-state index is 11.8. The fourth-order valence-electron chi connectivity index (χ4n) is 1.08. The molecule has 0 aromatic heterocycles. The Bertz CT molecular complexity index is 99.7. The van der Waals surface area contributed by atoms with E-state index in [2.05, 4.69) is 0 Å². The molecule has 1 heterocycles. The Balaban J connectivity index is 0.000001000. The average molecular weight is 169 g/mol. The van der Waals surface area contributed by atoms with E-state index < -0.39 is 7.27 Å². The molecule has 0 unspecified atom stereocenters. The van der Waals surface area contributed by atoms with Crippen LogP contribution in [0, 0.1) is 0 Å². The van der Waals surface area contributed by atoms with Gasteiger partial charge in [-0.15, -0.1) is 0 Å². The molecule has 1 fully saturated rings. The number of quaternary nitrogens is 1. The Morgan fingerprint density at radius 1 is 1.27 bits per heavy atom. The van der Waals surface area contributed by atoms with Gasteiger partial charge < -0.3 is 14.3 Å². The first-order valence-corrected chi connectivity index (χ1v) is 3.48. The van der Waals surface area contributed by atoms with E-state index in [9.17, 15) is 8.63 Å². The van der Waals surface area contributed by atoms with Crippen molar-refractivity contribution in [3.05, 3.63) is 0 Å². The van der Waals surface area contributed by atoms with E-state index in [1.807, 2.05) is 0 Å². The van der Waals surface area contributed by atoms with Crippen LogP contribution in [0.2, 0.25) is 0 Å². The second kappa shape index (κ2) is 5.43. The third kappa shape index (κ3) is 4.26. The van der Waals surface area contributed by atoms with Crippen molar-refractivity contribution in [1.29, 1.82) is 0 Å². The maximum Gasteiger partial charge on any atom is 0.592 e. The maximum atomic E-state index is 11.8. The number of rotatable bonds is 2. The van der Waals surface area contributed by atoms with Gasteiger partial charge in [-0.05, 0) is 0 Å². The Hall–Kier alpha value is -0.225. The van der Waals surface area contributed by atoms with E-state index >= 15 is 0 Å². The van der Waals surface area contributed by atoms with Crippen LogP contribution in [0.25, 0.3) is 0 Å². The predicted octanol–water partition coefficient (Wildman–Crippen LogP) is -4.13. The van der Waals surface area contributed by atoms with Gasteiger partial charge in [0.15, 0.2) is 0 Å². The van der Waals surface area contributed by atoms with Gasteiger partial charge in [0.2, 0.25) is 0 Å². The van der Waals surface area contributed by atoms with Crippen molar-refractivity contribution in [1.82, 2.24) is 0 Å². The average Bonchev–Trinajstić information content (AvgIpc) is 1.88. The molecule has 11 heavy (non-hydrogen) atoms. The zero-order valence-corrected chi connectivity index (χ0v) is 6.16. The topological polar surface area (TPSA) is 13.7 Å². The molecule has 0 aromatic rings. The molecule has 0 radical (unpaired) electrons. The summed E-state index contributed by atoms with van der Waals surface area (Å²) in [6, 6.07) is 0. The summed E-state index contributed by atoms with van der Waals surface area (Å²) in [5.41, 5.74) is 0. The molecule has 0 amide bonds. The molecule has 1 rings (SSSR count). The third-order valence-corrected chi connectivity index (χ3v) is 1.64. The van der Waals surface area contributed by atoms with Crippen molar-refractivity contribution >= 4 is 7.27 Å². The molecule has 0 saturated carbocycles. The van der Waals surface area contributed by atoms with Gasteiger partial charge in [0, 0.05) is 0 Å². The monoisotopic (exact) mass is 169 g/mol. The van der Waals surface area contributed by atoms with Crippen LogP contribution in [0.3, 0.4) is 0 Å². The second-order valence-electron chi connectivity index (χ2n) is 2.46. The van der Waals surface area contributed by atoms with Crippen molar-refractivity contribution in [3.8, 4) is 0 Å². The van der Waals surface area contributed by atoms with Crippen LogP contribution in [0.5, 0.6) is 0 Å². The fourth-order valence-corrected chi connectivity index (χ4v) is 1.08. The number of halogens is 3. The molecule has 0 atom stereocenters. The first kappa shape index (κ1) is 10.8. The molecule has 1 N–H and O–H groups in total. The van der Waals surface area contributed by atoms with Gasteiger partial charge in [-0.3, -0.25) is 8.63 Å². The van der Waals surface area contributed by atoms with Gasteiger partial charge in [0.25, 0.3) is 0 Å². The highest BCUT2D eigenvalue weighted by atomic mass is 19.2. The summed E-state index contributed by atoms with van der Waals surface area (Å²) in [7, 11) is -2.17. The lowest BCUT2D eigenvalue weighted by Crippen LogP contribution is -3.15. The SMILES string of the molecule is FB(F)C[NH+]1CCOCC1.[F-]. The molecule has 0 bridgehead atoms. The van der Waals surface area contributed by atoms with Gasteiger partial charge in [0.1, 0.15) is 19.5 Å². The highest BCUT2D eigenvalue weighted by molar-refractivity contribution is 6.42. The summed E-state index contributed by atoms with van der Waals surface area (Å²) < 4.78 is 28.5. The van der Waals surface area contributed by atoms with Crippen molar-refractivity contribution < 1.29 is 23.0 Å². The van der Waals surface area contributed by atoms with Crippen molar-refractivity contribution in [2.75, 3.05) is 32.7 Å². The van der Waals surface area contributed by atoms with Crippen LogP contribution in [0.15, 0.2) is 0 Å². The first-order valence-electron chi connectivity index (χ1n) is 3.48. The molecule has 6 heteroatoms. The molecular formula is C5H11BF3NO. The number of hydrogen-bond acceptors (Lipinski definition) is 1. The summed E-state index contributed by atoms with van der Waals surface area (Å²) in [6.45, 7) is 2.71. The van der Waals surface area contributed by atoms with Gasteiger partial charge in [-0.2, -0.15) is 0 Å². The molecule has 0 aromatic carbocycles. The van der Waals surface area contributed by atoms with Gasteiger partial charge >= 0.3 is 7.27 Å². The minimum atomic E-state index is -2.17. The van der Waals surface area contributed by atoms with Gasteiger partial charge in [-0.25, -0.2) is 0 Å². The Kier molecular flexibility index (Phi) is 5.32. The van der Waals surface area contributed by atoms with Gasteiger partial charge in [-0.1, -0.05) is 0 Å². The lowest BCUT2D eigenvalue weighted by molar-refractivity contribution is -0.898. The van der Waals surface area contributed by atoms with Crippen molar-refractivity contribution in [2.45, 2.75) is 0 Å². The number of nitrogens with one attached hydrogen (secondary N) is 1. The molecule has 0 aliphatic carbocycles. The molecule has 1 saturated heterocycles. The highest BCUT2D eigenvalue weighted by Gasteiger charge is 2.23. The zero-order valence-electron chi connectivity index (χ0n) is 6.16.